The van der Waals surface area contributed by atoms with Gasteiger partial charge in [0.25, 0.3) is 0 Å². The first-order valence-corrected chi connectivity index (χ1v) is 9.29. The van der Waals surface area contributed by atoms with E-state index < -0.39 is 0 Å². The normalized spacial score (nSPS) is 15.0. The van der Waals surface area contributed by atoms with Crippen LogP contribution < -0.4 is 10.6 Å². The predicted molar refractivity (Wildman–Crippen MR) is 107 cm³/mol. The molecule has 26 heavy (non-hydrogen) atoms. The Morgan fingerprint density at radius 1 is 1.04 bits per heavy atom. The molecular formula is C21H27N5. The molecule has 0 bridgehead atoms. The zero-order valence-corrected chi connectivity index (χ0v) is 15.9. The lowest BCUT2D eigenvalue weighted by Crippen LogP contribution is -2.49. The Morgan fingerprint density at radius 2 is 1.73 bits per heavy atom. The fourth-order valence-electron chi connectivity index (χ4n) is 3.20. The van der Waals surface area contributed by atoms with Crippen molar-refractivity contribution in [1.29, 1.82) is 0 Å². The maximum Gasteiger partial charge on any atom is 0.148 e. The number of nitrogen functional groups attached to an aromatic ring is 1. The minimum atomic E-state index is 0.582. The second-order valence-corrected chi connectivity index (χ2v) is 6.86. The van der Waals surface area contributed by atoms with Gasteiger partial charge >= 0.3 is 0 Å². The van der Waals surface area contributed by atoms with Crippen molar-refractivity contribution in [3.05, 3.63) is 47.4 Å². The first-order chi connectivity index (χ1) is 12.6. The Balaban J connectivity index is 1.89. The molecule has 136 valence electrons. The highest BCUT2D eigenvalue weighted by atomic mass is 15.3. The van der Waals surface area contributed by atoms with Gasteiger partial charge in [-0.3, -0.25) is 4.90 Å². The quantitative estimate of drug-likeness (QED) is 0.682. The van der Waals surface area contributed by atoms with Crippen LogP contribution in [0.5, 0.6) is 0 Å². The van der Waals surface area contributed by atoms with E-state index >= 15 is 0 Å². The van der Waals surface area contributed by atoms with Crippen molar-refractivity contribution in [2.45, 2.75) is 33.2 Å². The van der Waals surface area contributed by atoms with Gasteiger partial charge in [0.15, 0.2) is 0 Å². The lowest BCUT2D eigenvalue weighted by molar-refractivity contribution is 0.209. The average Bonchev–Trinajstić information content (AvgIpc) is 2.67. The number of piperazine rings is 1. The Labute approximate surface area is 156 Å². The van der Waals surface area contributed by atoms with E-state index in [2.05, 4.69) is 52.4 Å². The second-order valence-electron chi connectivity index (χ2n) is 6.86. The smallest absolute Gasteiger partial charge is 0.148 e. The maximum absolute atomic E-state index is 5.75. The van der Waals surface area contributed by atoms with Crippen LogP contribution in [-0.2, 0) is 6.42 Å². The summed E-state index contributed by atoms with van der Waals surface area (Å²) in [6.45, 7) is 10.6. The van der Waals surface area contributed by atoms with Crippen molar-refractivity contribution >= 4 is 11.5 Å². The van der Waals surface area contributed by atoms with Gasteiger partial charge < -0.3 is 10.6 Å². The van der Waals surface area contributed by atoms with Gasteiger partial charge in [-0.1, -0.05) is 18.8 Å². The summed E-state index contributed by atoms with van der Waals surface area (Å²) in [6, 6.07) is 8.22. The number of nitrogens with zero attached hydrogens (tertiary/aromatic N) is 4. The van der Waals surface area contributed by atoms with E-state index in [1.807, 2.05) is 24.3 Å². The van der Waals surface area contributed by atoms with Crippen LogP contribution in [0, 0.1) is 11.8 Å². The Hall–Kier alpha value is -2.58. The lowest BCUT2D eigenvalue weighted by atomic mass is 10.1. The fourth-order valence-corrected chi connectivity index (χ4v) is 3.20. The maximum atomic E-state index is 5.75. The van der Waals surface area contributed by atoms with Gasteiger partial charge in [0, 0.05) is 43.5 Å². The van der Waals surface area contributed by atoms with Crippen molar-refractivity contribution in [3.8, 4) is 11.8 Å². The van der Waals surface area contributed by atoms with Gasteiger partial charge in [0.2, 0.25) is 0 Å². The third-order valence-electron chi connectivity index (χ3n) is 4.83. The molecule has 0 aliphatic carbocycles. The highest BCUT2D eigenvalue weighted by molar-refractivity contribution is 5.60. The third-order valence-corrected chi connectivity index (χ3v) is 4.83. The number of hydrogen-bond donors (Lipinski definition) is 1. The zero-order chi connectivity index (χ0) is 18.5. The summed E-state index contributed by atoms with van der Waals surface area (Å²) in [7, 11) is 0. The summed E-state index contributed by atoms with van der Waals surface area (Å²) in [5.41, 5.74) is 9.40. The highest BCUT2D eigenvalue weighted by Crippen LogP contribution is 2.21. The van der Waals surface area contributed by atoms with Gasteiger partial charge in [-0.2, -0.15) is 0 Å². The molecule has 1 aliphatic heterocycles. The van der Waals surface area contributed by atoms with Gasteiger partial charge in [-0.05, 0) is 44.5 Å². The summed E-state index contributed by atoms with van der Waals surface area (Å²) in [5, 5.41) is 0. The summed E-state index contributed by atoms with van der Waals surface area (Å²) in [4.78, 5) is 13.9. The molecule has 2 N–H and O–H groups in total. The van der Waals surface area contributed by atoms with Crippen LogP contribution in [0.4, 0.5) is 11.5 Å². The van der Waals surface area contributed by atoms with E-state index in [4.69, 9.17) is 5.73 Å². The van der Waals surface area contributed by atoms with Gasteiger partial charge in [0.05, 0.1) is 11.3 Å². The molecular weight excluding hydrogens is 322 g/mol. The topological polar surface area (TPSA) is 58.3 Å². The Morgan fingerprint density at radius 3 is 2.35 bits per heavy atom. The van der Waals surface area contributed by atoms with E-state index in [0.29, 0.717) is 6.04 Å². The predicted octanol–water partition coefficient (Wildman–Crippen LogP) is 2.55. The number of anilines is 2. The first-order valence-electron chi connectivity index (χ1n) is 9.29. The second kappa shape index (κ2) is 8.20. The molecule has 1 aromatic heterocycles. The Kier molecular flexibility index (Phi) is 5.75. The highest BCUT2D eigenvalue weighted by Gasteiger charge is 2.22. The van der Waals surface area contributed by atoms with E-state index in [1.54, 1.807) is 6.33 Å². The molecule has 1 aliphatic rings. The molecule has 2 heterocycles. The number of benzene rings is 1. The van der Waals surface area contributed by atoms with E-state index in [9.17, 15) is 0 Å². The van der Waals surface area contributed by atoms with E-state index in [0.717, 1.165) is 60.9 Å². The summed E-state index contributed by atoms with van der Waals surface area (Å²) in [6.07, 6.45) is 2.50. The number of rotatable bonds is 3. The molecule has 0 atom stereocenters. The molecule has 5 nitrogen and oxygen atoms in total. The molecule has 0 radical (unpaired) electrons. The van der Waals surface area contributed by atoms with Crippen LogP contribution in [0.15, 0.2) is 30.6 Å². The van der Waals surface area contributed by atoms with Crippen LogP contribution >= 0.6 is 0 Å². The molecule has 2 aromatic rings. The first kappa shape index (κ1) is 18.2. The minimum absolute atomic E-state index is 0.582. The minimum Gasteiger partial charge on any atom is -0.399 e. The molecule has 1 fully saturated rings. The molecule has 5 heteroatoms. The molecule has 0 saturated carbocycles. The van der Waals surface area contributed by atoms with Crippen LogP contribution in [0.2, 0.25) is 0 Å². The zero-order valence-electron chi connectivity index (χ0n) is 15.9. The van der Waals surface area contributed by atoms with Crippen LogP contribution in [-0.4, -0.2) is 47.1 Å². The summed E-state index contributed by atoms with van der Waals surface area (Å²) < 4.78 is 0. The largest absolute Gasteiger partial charge is 0.399 e. The van der Waals surface area contributed by atoms with Crippen molar-refractivity contribution in [2.24, 2.45) is 0 Å². The van der Waals surface area contributed by atoms with Crippen molar-refractivity contribution in [3.63, 3.8) is 0 Å². The van der Waals surface area contributed by atoms with Crippen molar-refractivity contribution in [2.75, 3.05) is 36.8 Å². The Bertz CT molecular complexity index is 793. The lowest BCUT2D eigenvalue weighted by Gasteiger charge is -2.37. The summed E-state index contributed by atoms with van der Waals surface area (Å²) in [5.74, 6) is 7.54. The monoisotopic (exact) mass is 349 g/mol. The third kappa shape index (κ3) is 4.14. The molecule has 3 rings (SSSR count). The number of aryl methyl sites for hydroxylation is 1. The van der Waals surface area contributed by atoms with Crippen molar-refractivity contribution in [1.82, 2.24) is 14.9 Å². The van der Waals surface area contributed by atoms with Crippen LogP contribution in [0.3, 0.4) is 0 Å². The van der Waals surface area contributed by atoms with Crippen molar-refractivity contribution < 1.29 is 0 Å². The van der Waals surface area contributed by atoms with Crippen LogP contribution in [0.25, 0.3) is 0 Å². The van der Waals surface area contributed by atoms with Gasteiger partial charge in [-0.25, -0.2) is 9.97 Å². The molecule has 0 spiro atoms. The number of aromatic nitrogens is 2. The molecule has 1 aromatic carbocycles. The number of hydrogen-bond acceptors (Lipinski definition) is 5. The SMILES string of the molecule is CCc1ncnc(N2CCN(C(C)C)CC2)c1C#Cc1ccc(N)cc1. The van der Waals surface area contributed by atoms with Gasteiger partial charge in [0.1, 0.15) is 12.1 Å². The molecule has 0 amide bonds. The fraction of sp³-hybridized carbons (Fsp3) is 0.429. The average molecular weight is 349 g/mol. The van der Waals surface area contributed by atoms with E-state index in [-0.39, 0.29) is 0 Å². The summed E-state index contributed by atoms with van der Waals surface area (Å²) >= 11 is 0. The number of nitrogens with two attached hydrogens (primary N) is 1. The van der Waals surface area contributed by atoms with Crippen LogP contribution in [0.1, 0.15) is 37.6 Å². The molecule has 1 saturated heterocycles. The van der Waals surface area contributed by atoms with Gasteiger partial charge in [-0.15, -0.1) is 0 Å². The van der Waals surface area contributed by atoms with E-state index in [1.165, 1.54) is 0 Å². The molecule has 0 unspecified atom stereocenters. The standard InChI is InChI=1S/C21H27N5/c1-4-20-19(10-7-17-5-8-18(22)9-6-17)21(24-15-23-20)26-13-11-25(12-14-26)16(2)3/h5-6,8-9,15-16H,4,11-14,22H2,1-3H3.